The zero-order chi connectivity index (χ0) is 13.5. The fourth-order valence-corrected chi connectivity index (χ4v) is 3.46. The predicted molar refractivity (Wildman–Crippen MR) is 86.0 cm³/mol. The molecule has 0 radical (unpaired) electrons. The molecule has 1 aliphatic heterocycles. The van der Waals surface area contributed by atoms with E-state index in [9.17, 15) is 0 Å². The van der Waals surface area contributed by atoms with E-state index in [1.165, 1.54) is 24.6 Å². The molecule has 1 N–H and O–H groups in total. The van der Waals surface area contributed by atoms with Crippen molar-refractivity contribution in [3.05, 3.63) is 16.5 Å². The molecule has 19 heavy (non-hydrogen) atoms. The third-order valence-corrected chi connectivity index (χ3v) is 4.40. The molecule has 1 aromatic rings. The molecule has 0 spiro atoms. The van der Waals surface area contributed by atoms with Crippen molar-refractivity contribution in [1.82, 2.24) is 14.9 Å². The average Bonchev–Trinajstić information content (AvgIpc) is 2.40. The van der Waals surface area contributed by atoms with E-state index < -0.39 is 0 Å². The quantitative estimate of drug-likeness (QED) is 0.803. The van der Waals surface area contributed by atoms with Crippen LogP contribution in [-0.4, -0.2) is 52.6 Å². The second kappa shape index (κ2) is 8.07. The lowest BCUT2D eigenvalue weighted by Crippen LogP contribution is -2.36. The minimum atomic E-state index is 0.864. The highest BCUT2D eigenvalue weighted by molar-refractivity contribution is 9.10. The zero-order valence-corrected chi connectivity index (χ0v) is 13.8. The van der Waals surface area contributed by atoms with Crippen LogP contribution < -0.4 is 5.32 Å². The van der Waals surface area contributed by atoms with Crippen LogP contribution in [0.2, 0.25) is 0 Å². The van der Waals surface area contributed by atoms with Crippen LogP contribution in [-0.2, 0) is 6.42 Å². The first-order valence-corrected chi connectivity index (χ1v) is 8.80. The van der Waals surface area contributed by atoms with Gasteiger partial charge in [0.25, 0.3) is 0 Å². The van der Waals surface area contributed by atoms with Crippen LogP contribution >= 0.6 is 27.7 Å². The molecular formula is C13H21BrN4S. The van der Waals surface area contributed by atoms with Gasteiger partial charge < -0.3 is 5.32 Å². The maximum Gasteiger partial charge on any atom is 0.132 e. The lowest BCUT2D eigenvalue weighted by Gasteiger charge is -2.26. The predicted octanol–water partition coefficient (Wildman–Crippen LogP) is 2.65. The minimum absolute atomic E-state index is 0.864. The van der Waals surface area contributed by atoms with Crippen molar-refractivity contribution in [2.75, 3.05) is 43.0 Å². The highest BCUT2D eigenvalue weighted by atomic mass is 79.9. The Morgan fingerprint density at radius 1 is 1.37 bits per heavy atom. The Hall–Kier alpha value is -0.330. The lowest BCUT2D eigenvalue weighted by atomic mass is 10.3. The molecule has 0 atom stereocenters. The number of thioether (sulfide) groups is 1. The Balaban J connectivity index is 1.81. The molecule has 4 nitrogen and oxygen atoms in total. The summed E-state index contributed by atoms with van der Waals surface area (Å²) < 4.78 is 0.864. The molecule has 2 heterocycles. The first kappa shape index (κ1) is 15.1. The summed E-state index contributed by atoms with van der Waals surface area (Å²) in [7, 11) is 0. The van der Waals surface area contributed by atoms with E-state index in [2.05, 4.69) is 43.0 Å². The van der Waals surface area contributed by atoms with E-state index in [4.69, 9.17) is 0 Å². The zero-order valence-electron chi connectivity index (χ0n) is 11.4. The van der Waals surface area contributed by atoms with E-state index in [0.29, 0.717) is 0 Å². The van der Waals surface area contributed by atoms with E-state index in [1.54, 1.807) is 0 Å². The average molecular weight is 345 g/mol. The maximum absolute atomic E-state index is 4.53. The Kier molecular flexibility index (Phi) is 6.40. The van der Waals surface area contributed by atoms with Crippen molar-refractivity contribution >= 4 is 33.5 Å². The molecule has 2 rings (SSSR count). The molecule has 0 bridgehead atoms. The number of anilines is 1. The third kappa shape index (κ3) is 5.28. The van der Waals surface area contributed by atoms with Crippen LogP contribution in [0.3, 0.4) is 0 Å². The Morgan fingerprint density at radius 3 is 2.89 bits per heavy atom. The highest BCUT2D eigenvalue weighted by Gasteiger charge is 2.09. The number of rotatable bonds is 6. The van der Waals surface area contributed by atoms with Crippen LogP contribution in [0, 0.1) is 0 Å². The number of aromatic nitrogens is 2. The van der Waals surface area contributed by atoms with Gasteiger partial charge in [-0.05, 0) is 22.4 Å². The Labute approximate surface area is 127 Å². The van der Waals surface area contributed by atoms with Gasteiger partial charge in [0, 0.05) is 50.2 Å². The first-order valence-electron chi connectivity index (χ1n) is 6.85. The number of hydrogen-bond acceptors (Lipinski definition) is 5. The van der Waals surface area contributed by atoms with Gasteiger partial charge in [-0.3, -0.25) is 4.90 Å². The molecule has 106 valence electrons. The summed E-state index contributed by atoms with van der Waals surface area (Å²) in [5.41, 5.74) is 0. The first-order chi connectivity index (χ1) is 9.28. The fourth-order valence-electron chi connectivity index (χ4n) is 2.06. The molecule has 6 heteroatoms. The highest BCUT2D eigenvalue weighted by Crippen LogP contribution is 2.13. The largest absolute Gasteiger partial charge is 0.369 e. The Bertz CT molecular complexity index is 396. The van der Waals surface area contributed by atoms with Crippen molar-refractivity contribution in [3.63, 3.8) is 0 Å². The minimum Gasteiger partial charge on any atom is -0.369 e. The van der Waals surface area contributed by atoms with Crippen LogP contribution in [0.4, 0.5) is 5.82 Å². The normalized spacial score (nSPS) is 16.5. The molecule has 0 aromatic carbocycles. The van der Waals surface area contributed by atoms with Gasteiger partial charge in [0.2, 0.25) is 0 Å². The summed E-state index contributed by atoms with van der Waals surface area (Å²) in [5, 5.41) is 3.40. The van der Waals surface area contributed by atoms with Gasteiger partial charge in [-0.25, -0.2) is 9.97 Å². The van der Waals surface area contributed by atoms with Gasteiger partial charge in [-0.2, -0.15) is 11.8 Å². The molecule has 0 aliphatic carbocycles. The van der Waals surface area contributed by atoms with Crippen LogP contribution in [0.15, 0.2) is 10.7 Å². The van der Waals surface area contributed by atoms with E-state index in [0.717, 1.165) is 42.2 Å². The molecule has 1 aromatic heterocycles. The van der Waals surface area contributed by atoms with Crippen molar-refractivity contribution in [2.24, 2.45) is 0 Å². The molecule has 1 saturated heterocycles. The monoisotopic (exact) mass is 344 g/mol. The summed E-state index contributed by atoms with van der Waals surface area (Å²) >= 11 is 5.50. The standard InChI is InChI=1S/C13H21BrN4S/c1-2-3-12-16-11(14)10-13(17-12)15-4-5-18-6-8-19-9-7-18/h10H,2-9H2,1H3,(H,15,16,17). The van der Waals surface area contributed by atoms with Gasteiger partial charge in [-0.15, -0.1) is 0 Å². The molecule has 0 unspecified atom stereocenters. The second-order valence-electron chi connectivity index (χ2n) is 4.62. The third-order valence-electron chi connectivity index (χ3n) is 3.05. The van der Waals surface area contributed by atoms with Gasteiger partial charge in [0.15, 0.2) is 0 Å². The molecular weight excluding hydrogens is 324 g/mol. The number of hydrogen-bond donors (Lipinski definition) is 1. The van der Waals surface area contributed by atoms with Crippen molar-refractivity contribution in [2.45, 2.75) is 19.8 Å². The van der Waals surface area contributed by atoms with Crippen molar-refractivity contribution in [1.29, 1.82) is 0 Å². The summed E-state index contributed by atoms with van der Waals surface area (Å²) in [4.78, 5) is 11.4. The van der Waals surface area contributed by atoms with Gasteiger partial charge in [-0.1, -0.05) is 6.92 Å². The molecule has 1 aliphatic rings. The number of aryl methyl sites for hydroxylation is 1. The van der Waals surface area contributed by atoms with Crippen LogP contribution in [0.25, 0.3) is 0 Å². The number of nitrogens with zero attached hydrogens (tertiary/aromatic N) is 3. The second-order valence-corrected chi connectivity index (χ2v) is 6.66. The molecule has 0 amide bonds. The van der Waals surface area contributed by atoms with Gasteiger partial charge in [0.1, 0.15) is 16.2 Å². The van der Waals surface area contributed by atoms with Crippen molar-refractivity contribution in [3.8, 4) is 0 Å². The van der Waals surface area contributed by atoms with Gasteiger partial charge in [0.05, 0.1) is 0 Å². The summed E-state index contributed by atoms with van der Waals surface area (Å²) in [6, 6.07) is 1.95. The van der Waals surface area contributed by atoms with E-state index in [-0.39, 0.29) is 0 Å². The van der Waals surface area contributed by atoms with Gasteiger partial charge >= 0.3 is 0 Å². The van der Waals surface area contributed by atoms with Crippen LogP contribution in [0.1, 0.15) is 19.2 Å². The smallest absolute Gasteiger partial charge is 0.132 e. The molecule has 1 fully saturated rings. The van der Waals surface area contributed by atoms with Crippen molar-refractivity contribution < 1.29 is 0 Å². The fraction of sp³-hybridized carbons (Fsp3) is 0.692. The maximum atomic E-state index is 4.53. The summed E-state index contributed by atoms with van der Waals surface area (Å²) in [6.07, 6.45) is 2.00. The Morgan fingerprint density at radius 2 is 2.16 bits per heavy atom. The summed E-state index contributed by atoms with van der Waals surface area (Å²) in [5.74, 6) is 4.37. The number of halogens is 1. The summed E-state index contributed by atoms with van der Waals surface area (Å²) in [6.45, 7) is 6.60. The topological polar surface area (TPSA) is 41.1 Å². The van der Waals surface area contributed by atoms with E-state index >= 15 is 0 Å². The SMILES string of the molecule is CCCc1nc(Br)cc(NCCN2CCSCC2)n1. The van der Waals surface area contributed by atoms with E-state index in [1.807, 2.05) is 17.8 Å². The molecule has 0 saturated carbocycles. The van der Waals surface area contributed by atoms with Crippen LogP contribution in [0.5, 0.6) is 0 Å². The number of nitrogens with one attached hydrogen (secondary N) is 1. The lowest BCUT2D eigenvalue weighted by molar-refractivity contribution is 0.314.